The van der Waals surface area contributed by atoms with Gasteiger partial charge in [-0.05, 0) is 50.4 Å². The van der Waals surface area contributed by atoms with Crippen LogP contribution in [-0.4, -0.2) is 77.1 Å². The van der Waals surface area contributed by atoms with E-state index < -0.39 is 32.3 Å². The number of nitrogens with zero attached hydrogens (tertiary/aromatic N) is 2. The molecule has 0 aromatic heterocycles. The molecule has 1 saturated carbocycles. The summed E-state index contributed by atoms with van der Waals surface area (Å²) < 4.78 is 60.6. The molecule has 1 aliphatic carbocycles. The van der Waals surface area contributed by atoms with E-state index in [-0.39, 0.29) is 12.7 Å². The smallest absolute Gasteiger partial charge is 0.281 e. The minimum Gasteiger partial charge on any atom is -0.376 e. The Kier molecular flexibility index (Phi) is 8.32. The molecule has 0 aromatic rings. The number of hydrogen-bond donors (Lipinski definition) is 1. The fourth-order valence-electron chi connectivity index (χ4n) is 4.29. The first-order valence-corrected chi connectivity index (χ1v) is 13.5. The highest BCUT2D eigenvalue weighted by Gasteiger charge is 2.41. The summed E-state index contributed by atoms with van der Waals surface area (Å²) in [4.78, 5) is 0. The van der Waals surface area contributed by atoms with Crippen molar-refractivity contribution in [1.82, 2.24) is 13.3 Å². The largest absolute Gasteiger partial charge is 0.376 e. The van der Waals surface area contributed by atoms with E-state index in [2.05, 4.69) is 18.6 Å². The predicted octanol–water partition coefficient (Wildman–Crippen LogP) is 1.41. The minimum atomic E-state index is -3.66. The van der Waals surface area contributed by atoms with Crippen LogP contribution < -0.4 is 4.72 Å². The van der Waals surface area contributed by atoms with Crippen LogP contribution in [0.5, 0.6) is 0 Å². The second-order valence-corrected chi connectivity index (χ2v) is 12.6. The second-order valence-electron chi connectivity index (χ2n) is 8.72. The molecule has 2 fully saturated rings. The number of ether oxygens (including phenoxy) is 1. The summed E-state index contributed by atoms with van der Waals surface area (Å²) in [6.07, 6.45) is 6.62. The molecule has 1 heterocycles. The SMILES string of the molecule is CC(C)C1CCC(OC[C@H]2[C@@H](NS(C)(=O)=O)CCCN2S(=O)(=O)N(C)C)CC1. The molecule has 166 valence electrons. The molecule has 0 spiro atoms. The molecule has 2 atom stereocenters. The van der Waals surface area contributed by atoms with Crippen LogP contribution in [-0.2, 0) is 25.0 Å². The van der Waals surface area contributed by atoms with E-state index in [4.69, 9.17) is 4.74 Å². The van der Waals surface area contributed by atoms with Gasteiger partial charge in [0.15, 0.2) is 0 Å². The van der Waals surface area contributed by atoms with Crippen molar-refractivity contribution in [2.24, 2.45) is 11.8 Å². The summed E-state index contributed by atoms with van der Waals surface area (Å²) in [5, 5.41) is 0. The fourth-order valence-corrected chi connectivity index (χ4v) is 6.44. The number of piperidine rings is 1. The lowest BCUT2D eigenvalue weighted by atomic mass is 9.80. The lowest BCUT2D eigenvalue weighted by Crippen LogP contribution is -2.60. The fraction of sp³-hybridized carbons (Fsp3) is 1.00. The number of hydrogen-bond acceptors (Lipinski definition) is 5. The maximum atomic E-state index is 12.8. The Morgan fingerprint density at radius 1 is 1.07 bits per heavy atom. The zero-order chi connectivity index (χ0) is 21.1. The average molecular weight is 440 g/mol. The molecule has 0 amide bonds. The Morgan fingerprint density at radius 3 is 2.18 bits per heavy atom. The number of nitrogens with one attached hydrogen (secondary N) is 1. The Balaban J connectivity index is 2.10. The van der Waals surface area contributed by atoms with E-state index in [0.717, 1.165) is 37.9 Å². The average Bonchev–Trinajstić information content (AvgIpc) is 2.59. The summed E-state index contributed by atoms with van der Waals surface area (Å²) >= 11 is 0. The van der Waals surface area contributed by atoms with Gasteiger partial charge in [-0.2, -0.15) is 17.0 Å². The highest BCUT2D eigenvalue weighted by molar-refractivity contribution is 7.88. The van der Waals surface area contributed by atoms with Crippen LogP contribution in [0.25, 0.3) is 0 Å². The molecular formula is C18H37N3O5S2. The van der Waals surface area contributed by atoms with Gasteiger partial charge in [0.25, 0.3) is 10.2 Å². The zero-order valence-electron chi connectivity index (χ0n) is 17.8. The van der Waals surface area contributed by atoms with Gasteiger partial charge in [0.2, 0.25) is 10.0 Å². The van der Waals surface area contributed by atoms with E-state index >= 15 is 0 Å². The van der Waals surface area contributed by atoms with E-state index in [9.17, 15) is 16.8 Å². The van der Waals surface area contributed by atoms with E-state index in [1.165, 1.54) is 22.7 Å². The molecule has 1 N–H and O–H groups in total. The molecule has 1 saturated heterocycles. The van der Waals surface area contributed by atoms with Crippen molar-refractivity contribution in [3.8, 4) is 0 Å². The summed E-state index contributed by atoms with van der Waals surface area (Å²) in [7, 11) is -4.12. The highest BCUT2D eigenvalue weighted by atomic mass is 32.2. The van der Waals surface area contributed by atoms with Crippen LogP contribution in [0, 0.1) is 11.8 Å². The van der Waals surface area contributed by atoms with Crippen molar-refractivity contribution in [1.29, 1.82) is 0 Å². The third kappa shape index (κ3) is 6.37. The number of rotatable bonds is 8. The van der Waals surface area contributed by atoms with Crippen molar-refractivity contribution in [2.45, 2.75) is 70.6 Å². The van der Waals surface area contributed by atoms with Crippen LogP contribution in [0.3, 0.4) is 0 Å². The van der Waals surface area contributed by atoms with Gasteiger partial charge in [0.05, 0.1) is 25.0 Å². The van der Waals surface area contributed by atoms with Crippen molar-refractivity contribution in [3.05, 3.63) is 0 Å². The van der Waals surface area contributed by atoms with Crippen molar-refractivity contribution in [2.75, 3.05) is 33.5 Å². The van der Waals surface area contributed by atoms with Gasteiger partial charge in [-0.25, -0.2) is 13.1 Å². The Labute approximate surface area is 171 Å². The summed E-state index contributed by atoms with van der Waals surface area (Å²) in [6.45, 7) is 5.08. The molecule has 1 aliphatic heterocycles. The maximum absolute atomic E-state index is 12.8. The molecule has 2 aliphatic rings. The molecule has 2 rings (SSSR count). The van der Waals surface area contributed by atoms with Crippen molar-refractivity contribution < 1.29 is 21.6 Å². The van der Waals surface area contributed by atoms with Crippen LogP contribution in [0.2, 0.25) is 0 Å². The standard InChI is InChI=1S/C18H37N3O5S2/c1-14(2)15-8-10-16(11-9-15)26-13-18-17(19-27(5,22)23)7-6-12-21(18)28(24,25)20(3)4/h14-19H,6-13H2,1-5H3/t15?,16?,17-,18-/m0/s1. The molecule has 0 bridgehead atoms. The van der Waals surface area contributed by atoms with Crippen LogP contribution in [0.15, 0.2) is 0 Å². The van der Waals surface area contributed by atoms with Crippen LogP contribution in [0.4, 0.5) is 0 Å². The number of sulfonamides is 1. The molecule has 0 unspecified atom stereocenters. The third-order valence-electron chi connectivity index (χ3n) is 6.02. The molecule has 8 nitrogen and oxygen atoms in total. The van der Waals surface area contributed by atoms with Crippen molar-refractivity contribution >= 4 is 20.2 Å². The van der Waals surface area contributed by atoms with Gasteiger partial charge in [0.1, 0.15) is 0 Å². The monoisotopic (exact) mass is 439 g/mol. The molecule has 28 heavy (non-hydrogen) atoms. The first-order valence-electron chi connectivity index (χ1n) is 10.2. The predicted molar refractivity (Wildman–Crippen MR) is 111 cm³/mol. The molecule has 0 aromatic carbocycles. The minimum absolute atomic E-state index is 0.111. The van der Waals surface area contributed by atoms with Gasteiger partial charge >= 0.3 is 0 Å². The Hall–Kier alpha value is -0.260. The molecule has 10 heteroatoms. The Morgan fingerprint density at radius 2 is 1.68 bits per heavy atom. The first kappa shape index (κ1) is 24.0. The second kappa shape index (κ2) is 9.70. The van der Waals surface area contributed by atoms with Gasteiger partial charge in [0, 0.05) is 26.7 Å². The van der Waals surface area contributed by atoms with Gasteiger partial charge < -0.3 is 4.74 Å². The lowest BCUT2D eigenvalue weighted by Gasteiger charge is -2.42. The first-order chi connectivity index (χ1) is 12.9. The normalized spacial score (nSPS) is 30.8. The van der Waals surface area contributed by atoms with E-state index in [0.29, 0.717) is 25.3 Å². The zero-order valence-corrected chi connectivity index (χ0v) is 19.4. The molecular weight excluding hydrogens is 402 g/mol. The Bertz CT molecular complexity index is 701. The quantitative estimate of drug-likeness (QED) is 0.617. The van der Waals surface area contributed by atoms with Crippen LogP contribution >= 0.6 is 0 Å². The third-order valence-corrected chi connectivity index (χ3v) is 8.72. The van der Waals surface area contributed by atoms with Gasteiger partial charge in [-0.15, -0.1) is 0 Å². The van der Waals surface area contributed by atoms with Gasteiger partial charge in [-0.3, -0.25) is 0 Å². The van der Waals surface area contributed by atoms with Crippen LogP contribution in [0.1, 0.15) is 52.4 Å². The lowest BCUT2D eigenvalue weighted by molar-refractivity contribution is -0.0179. The summed E-state index contributed by atoms with van der Waals surface area (Å²) in [6, 6.07) is -1.02. The maximum Gasteiger partial charge on any atom is 0.281 e. The van der Waals surface area contributed by atoms with E-state index in [1.54, 1.807) is 0 Å². The summed E-state index contributed by atoms with van der Waals surface area (Å²) in [5.74, 6) is 1.39. The topological polar surface area (TPSA) is 96.0 Å². The summed E-state index contributed by atoms with van der Waals surface area (Å²) in [5.41, 5.74) is 0. The van der Waals surface area contributed by atoms with Gasteiger partial charge in [-0.1, -0.05) is 13.8 Å². The molecule has 0 radical (unpaired) electrons. The highest BCUT2D eigenvalue weighted by Crippen LogP contribution is 2.32. The van der Waals surface area contributed by atoms with Crippen molar-refractivity contribution in [3.63, 3.8) is 0 Å². The van der Waals surface area contributed by atoms with E-state index in [1.807, 2.05) is 0 Å².